The fraction of sp³-hybridized carbons (Fsp3) is 0.727. The van der Waals surface area contributed by atoms with Crippen LogP contribution in [0.15, 0.2) is 0 Å². The Morgan fingerprint density at radius 3 is 2.71 bits per heavy atom. The lowest BCUT2D eigenvalue weighted by Gasteiger charge is -2.33. The van der Waals surface area contributed by atoms with Gasteiger partial charge in [0.1, 0.15) is 4.88 Å². The third kappa shape index (κ3) is 3.01. The molecule has 1 aromatic rings. The molecule has 0 saturated carbocycles. The molecule has 1 aromatic heterocycles. The molecule has 0 saturated heterocycles. The number of rotatable bonds is 5. The summed E-state index contributed by atoms with van der Waals surface area (Å²) in [6.45, 7) is 8.40. The van der Waals surface area contributed by atoms with Crippen LogP contribution < -0.4 is 11.1 Å². The highest BCUT2D eigenvalue weighted by Crippen LogP contribution is 2.18. The minimum absolute atomic E-state index is 0.126. The fourth-order valence-electron chi connectivity index (χ4n) is 1.36. The topological polar surface area (TPSA) is 80.9 Å². The molecule has 0 aliphatic heterocycles. The third-order valence-corrected chi connectivity index (χ3v) is 3.96. The summed E-state index contributed by atoms with van der Waals surface area (Å²) < 4.78 is 3.81. The minimum Gasteiger partial charge on any atom is -0.345 e. The molecule has 1 rings (SSSR count). The van der Waals surface area contributed by atoms with Crippen LogP contribution in [0.5, 0.6) is 0 Å². The lowest BCUT2D eigenvalue weighted by molar-refractivity contribution is 0.0886. The quantitative estimate of drug-likeness (QED) is 0.829. The van der Waals surface area contributed by atoms with Gasteiger partial charge in [0.15, 0.2) is 0 Å². The predicted molar refractivity (Wildman–Crippen MR) is 69.1 cm³/mol. The molecule has 0 spiro atoms. The number of aryl methyl sites for hydroxylation is 1. The minimum atomic E-state index is -0.397. The van der Waals surface area contributed by atoms with Crippen LogP contribution in [0, 0.1) is 5.92 Å². The monoisotopic (exact) mass is 256 g/mol. The highest BCUT2D eigenvalue weighted by molar-refractivity contribution is 7.08. The van der Waals surface area contributed by atoms with Crippen molar-refractivity contribution in [2.75, 3.05) is 6.54 Å². The molecule has 0 aliphatic carbocycles. The van der Waals surface area contributed by atoms with Crippen LogP contribution in [0.3, 0.4) is 0 Å². The van der Waals surface area contributed by atoms with Crippen LogP contribution in [0.1, 0.15) is 43.1 Å². The van der Waals surface area contributed by atoms with Crippen molar-refractivity contribution in [2.45, 2.75) is 39.7 Å². The van der Waals surface area contributed by atoms with E-state index in [1.165, 1.54) is 0 Å². The molecule has 96 valence electrons. The van der Waals surface area contributed by atoms with Crippen LogP contribution in [-0.2, 0) is 6.42 Å². The maximum atomic E-state index is 12.1. The highest BCUT2D eigenvalue weighted by Gasteiger charge is 2.30. The van der Waals surface area contributed by atoms with E-state index < -0.39 is 5.54 Å². The lowest BCUT2D eigenvalue weighted by Crippen LogP contribution is -2.55. The van der Waals surface area contributed by atoms with Crippen molar-refractivity contribution in [3.8, 4) is 0 Å². The molecular weight excluding hydrogens is 236 g/mol. The largest absolute Gasteiger partial charge is 0.345 e. The van der Waals surface area contributed by atoms with Gasteiger partial charge in [-0.05, 0) is 30.8 Å². The van der Waals surface area contributed by atoms with E-state index in [0.717, 1.165) is 17.2 Å². The first-order valence-corrected chi connectivity index (χ1v) is 6.55. The van der Waals surface area contributed by atoms with Gasteiger partial charge >= 0.3 is 0 Å². The molecule has 17 heavy (non-hydrogen) atoms. The Hall–Kier alpha value is -1.01. The van der Waals surface area contributed by atoms with Crippen LogP contribution in [-0.4, -0.2) is 27.6 Å². The van der Waals surface area contributed by atoms with E-state index >= 15 is 0 Å². The number of hydrogen-bond acceptors (Lipinski definition) is 5. The molecule has 1 amide bonds. The Morgan fingerprint density at radius 1 is 1.59 bits per heavy atom. The van der Waals surface area contributed by atoms with E-state index in [1.54, 1.807) is 0 Å². The van der Waals surface area contributed by atoms with E-state index in [4.69, 9.17) is 5.73 Å². The van der Waals surface area contributed by atoms with Gasteiger partial charge in [-0.25, -0.2) is 0 Å². The van der Waals surface area contributed by atoms with E-state index in [9.17, 15) is 4.79 Å². The van der Waals surface area contributed by atoms with Gasteiger partial charge < -0.3 is 11.1 Å². The number of carbonyl (C=O) groups excluding carboxylic acids is 1. The number of amides is 1. The van der Waals surface area contributed by atoms with Crippen molar-refractivity contribution in [3.05, 3.63) is 10.6 Å². The molecule has 1 atom stereocenters. The SMILES string of the molecule is CCc1nnsc1C(=O)NC(C)(CN)C(C)C. The molecular formula is C11H20N4OS. The first-order valence-electron chi connectivity index (χ1n) is 5.78. The second kappa shape index (κ2) is 5.55. The zero-order valence-electron chi connectivity index (χ0n) is 10.8. The maximum Gasteiger partial charge on any atom is 0.265 e. The first-order chi connectivity index (χ1) is 7.94. The van der Waals surface area contributed by atoms with Crippen molar-refractivity contribution >= 4 is 17.4 Å². The number of nitrogens with zero attached hydrogens (tertiary/aromatic N) is 2. The summed E-state index contributed by atoms with van der Waals surface area (Å²) in [5, 5.41) is 6.92. The average molecular weight is 256 g/mol. The lowest BCUT2D eigenvalue weighted by atomic mass is 9.88. The zero-order chi connectivity index (χ0) is 13.1. The van der Waals surface area contributed by atoms with Gasteiger partial charge in [-0.2, -0.15) is 0 Å². The van der Waals surface area contributed by atoms with Crippen molar-refractivity contribution < 1.29 is 4.79 Å². The van der Waals surface area contributed by atoms with Gasteiger partial charge in [0.2, 0.25) is 0 Å². The Labute approximate surface area is 106 Å². The normalized spacial score (nSPS) is 14.7. The number of aromatic nitrogens is 2. The summed E-state index contributed by atoms with van der Waals surface area (Å²) in [6.07, 6.45) is 0.709. The van der Waals surface area contributed by atoms with E-state index in [2.05, 4.69) is 14.9 Å². The van der Waals surface area contributed by atoms with Crippen LogP contribution >= 0.6 is 11.5 Å². The Balaban J connectivity index is 2.85. The molecule has 0 bridgehead atoms. The Bertz CT molecular complexity index is 391. The smallest absolute Gasteiger partial charge is 0.265 e. The van der Waals surface area contributed by atoms with Crippen molar-refractivity contribution in [2.24, 2.45) is 11.7 Å². The Kier molecular flexibility index (Phi) is 4.59. The molecule has 5 nitrogen and oxygen atoms in total. The van der Waals surface area contributed by atoms with Crippen molar-refractivity contribution in [1.29, 1.82) is 0 Å². The van der Waals surface area contributed by atoms with E-state index in [1.807, 2.05) is 27.7 Å². The second-order valence-electron chi connectivity index (χ2n) is 4.63. The Morgan fingerprint density at radius 2 is 2.24 bits per heavy atom. The van der Waals surface area contributed by atoms with Gasteiger partial charge in [-0.1, -0.05) is 25.3 Å². The summed E-state index contributed by atoms with van der Waals surface area (Å²) in [4.78, 5) is 12.7. The molecule has 1 heterocycles. The summed E-state index contributed by atoms with van der Waals surface area (Å²) in [5.74, 6) is 0.140. The molecule has 3 N–H and O–H groups in total. The molecule has 6 heteroatoms. The van der Waals surface area contributed by atoms with Gasteiger partial charge in [0.25, 0.3) is 5.91 Å². The van der Waals surface area contributed by atoms with Gasteiger partial charge in [0.05, 0.1) is 11.2 Å². The molecule has 0 aromatic carbocycles. The summed E-state index contributed by atoms with van der Waals surface area (Å²) >= 11 is 1.13. The molecule has 0 fully saturated rings. The predicted octanol–water partition coefficient (Wildman–Crippen LogP) is 1.20. The van der Waals surface area contributed by atoms with Crippen LogP contribution in [0.2, 0.25) is 0 Å². The summed E-state index contributed by atoms with van der Waals surface area (Å²) in [5.41, 5.74) is 6.09. The standard InChI is InChI=1S/C11H20N4OS/c1-5-8-9(17-15-14-8)10(16)13-11(4,6-12)7(2)3/h7H,5-6,12H2,1-4H3,(H,13,16). The van der Waals surface area contributed by atoms with Gasteiger partial charge in [-0.15, -0.1) is 5.10 Å². The van der Waals surface area contributed by atoms with E-state index in [-0.39, 0.29) is 11.8 Å². The number of carbonyl (C=O) groups is 1. The van der Waals surface area contributed by atoms with Crippen LogP contribution in [0.4, 0.5) is 0 Å². The summed E-state index contributed by atoms with van der Waals surface area (Å²) in [7, 11) is 0. The maximum absolute atomic E-state index is 12.1. The average Bonchev–Trinajstić information content (AvgIpc) is 2.76. The van der Waals surface area contributed by atoms with Crippen molar-refractivity contribution in [3.63, 3.8) is 0 Å². The second-order valence-corrected chi connectivity index (χ2v) is 5.39. The number of nitrogens with one attached hydrogen (secondary N) is 1. The molecule has 1 unspecified atom stereocenters. The highest BCUT2D eigenvalue weighted by atomic mass is 32.1. The summed E-state index contributed by atoms with van der Waals surface area (Å²) in [6, 6.07) is 0. The molecule has 0 aliphatic rings. The van der Waals surface area contributed by atoms with E-state index in [0.29, 0.717) is 17.8 Å². The van der Waals surface area contributed by atoms with Crippen molar-refractivity contribution in [1.82, 2.24) is 14.9 Å². The number of hydrogen-bond donors (Lipinski definition) is 2. The van der Waals surface area contributed by atoms with Gasteiger partial charge in [0, 0.05) is 6.54 Å². The molecule has 0 radical (unpaired) electrons. The zero-order valence-corrected chi connectivity index (χ0v) is 11.6. The van der Waals surface area contributed by atoms with Gasteiger partial charge in [-0.3, -0.25) is 4.79 Å². The first kappa shape index (κ1) is 14.1. The third-order valence-electron chi connectivity index (χ3n) is 3.19. The number of nitrogens with two attached hydrogens (primary N) is 1. The fourth-order valence-corrected chi connectivity index (χ4v) is 2.01. The van der Waals surface area contributed by atoms with Crippen LogP contribution in [0.25, 0.3) is 0 Å².